The second-order valence-electron chi connectivity index (χ2n) is 32.4. The van der Waals surface area contributed by atoms with Gasteiger partial charge in [-0.25, -0.2) is 4.79 Å². The molecule has 38 heteroatoms. The van der Waals surface area contributed by atoms with E-state index in [4.69, 9.17) is 72.6 Å². The number of aliphatic hydroxyl groups is 6. The van der Waals surface area contributed by atoms with Crippen molar-refractivity contribution in [3.63, 3.8) is 0 Å². The van der Waals surface area contributed by atoms with Crippen molar-refractivity contribution in [1.82, 2.24) is 42.5 Å². The highest BCUT2D eigenvalue weighted by molar-refractivity contribution is 6.32. The number of carbonyl (C=O) groups excluding carboxylic acids is 7. The maximum atomic E-state index is 16.5. The number of halogens is 2. The lowest BCUT2D eigenvalue weighted by atomic mass is 9.84. The molecule has 8 heterocycles. The van der Waals surface area contributed by atoms with Gasteiger partial charge in [0.05, 0.1) is 53.5 Å². The zero-order chi connectivity index (χ0) is 88.4. The summed E-state index contributed by atoms with van der Waals surface area (Å²) in [6.45, 7) is 11.3. The number of aliphatic hydroxyl groups excluding tert-OH is 6. The van der Waals surface area contributed by atoms with E-state index >= 15 is 24.0 Å². The average Bonchev–Trinajstić information content (AvgIpc) is 0.766. The lowest BCUT2D eigenvalue weighted by Gasteiger charge is -2.48. The average molecular weight is 1740 g/mol. The number of nitrogens with one attached hydrogen (secondary N) is 8. The van der Waals surface area contributed by atoms with Crippen molar-refractivity contribution in [2.75, 3.05) is 13.7 Å². The molecule has 14 rings (SSSR count). The summed E-state index contributed by atoms with van der Waals surface area (Å²) in [5.41, 5.74) is 9.09. The zero-order valence-corrected chi connectivity index (χ0v) is 69.2. The number of phenolic OH excluding ortho intramolecular Hbond substituents is 3. The Kier molecular flexibility index (Phi) is 28.3. The molecule has 6 aromatic rings. The number of amides is 7. The fourth-order valence-electron chi connectivity index (χ4n) is 15.9. The van der Waals surface area contributed by atoms with Crippen LogP contribution in [0.1, 0.15) is 156 Å². The molecule has 0 unspecified atom stereocenters. The Labute approximate surface area is 710 Å². The highest BCUT2D eigenvalue weighted by atomic mass is 35.5. The maximum absolute atomic E-state index is 16.5. The smallest absolute Gasteiger partial charge is 0.330 e. The normalized spacial score (nSPS) is 30.2. The molecule has 22 atom stereocenters. The standard InChI is InChI=1S/C84H102Cl2N10O26/c1-9-10-11-38-12-14-39(15-13-38)33-90-84(7)32-60(116-37(5)74(84)106)121-72-69(104)68(103)57(34-97)119-82(72)122-71-55-26-43-27-56(71)118-54-21-18-42(25-48(54)86)70(120-59-31-83(6,88)73(105)36(4)115-59)66-80(112)94-64(81(113)114)46-28-44(98)29-52(100)61(46)45-23-40(16-19-51(45)99)62(77(109)96-66)93-78(110)63(43)92-76(108)50(30-58(87)101)91-79(111)65(95-75(107)49(89-8)22-35(2)3)67(102)41-17-20-53(117-55)47(85)24-41/h12-21,23-29,35-37,49-50,57,59-60,62-70,72-74,82,89-90,97-100,102-106H,9-11,22,30-34,88H2,1-8H3,(H2,87,101)(H,91,111)(H,92,108)(H,93,110)(H,94,112)(H,95,107)(H,96,109)(H,113,114)/t36-,37-,49+,50-,57+,59+,60-,62+,63+,64-,65+,66-,67+,68+,69-,70+,72+,73-,74-,82-,83-,84-/m0/s1. The van der Waals surface area contributed by atoms with Gasteiger partial charge in [-0.1, -0.05) is 92.9 Å². The quantitative estimate of drug-likeness (QED) is 0.0490. The molecule has 3 fully saturated rings. The van der Waals surface area contributed by atoms with Crippen molar-refractivity contribution in [3.8, 4) is 57.1 Å². The van der Waals surface area contributed by atoms with Gasteiger partial charge in [0, 0.05) is 53.2 Å². The minimum absolute atomic E-state index is 0.114. The van der Waals surface area contributed by atoms with Crippen LogP contribution in [0.3, 0.4) is 0 Å². The van der Waals surface area contributed by atoms with Gasteiger partial charge < -0.3 is 143 Å². The number of likely N-dealkylation sites (N-methyl/N-ethyl adjacent to an activating group) is 1. The number of rotatable bonds is 21. The van der Waals surface area contributed by atoms with Crippen molar-refractivity contribution in [2.24, 2.45) is 17.4 Å². The van der Waals surface area contributed by atoms with Crippen LogP contribution >= 0.6 is 23.2 Å². The van der Waals surface area contributed by atoms with Crippen LogP contribution in [0.2, 0.25) is 10.0 Å². The van der Waals surface area contributed by atoms with Crippen LogP contribution in [0.5, 0.6) is 46.0 Å². The molecule has 122 heavy (non-hydrogen) atoms. The Bertz CT molecular complexity index is 4910. The Hall–Kier alpha value is -10.1. The van der Waals surface area contributed by atoms with Gasteiger partial charge in [0.1, 0.15) is 89.5 Å². The monoisotopic (exact) mass is 1740 g/mol. The first-order valence-corrected chi connectivity index (χ1v) is 40.6. The first-order valence-electron chi connectivity index (χ1n) is 39.9. The highest BCUT2D eigenvalue weighted by Gasteiger charge is 2.53. The number of aryl methyl sites for hydroxylation is 1. The molecule has 3 saturated heterocycles. The van der Waals surface area contributed by atoms with E-state index in [1.165, 1.54) is 51.2 Å². The number of carboxylic acids is 1. The van der Waals surface area contributed by atoms with E-state index in [1.54, 1.807) is 13.8 Å². The molecule has 0 aromatic heterocycles. The molecule has 6 aromatic carbocycles. The number of hydrogen-bond donors (Lipinski definition) is 20. The van der Waals surface area contributed by atoms with Crippen LogP contribution in [0.25, 0.3) is 11.1 Å². The summed E-state index contributed by atoms with van der Waals surface area (Å²) in [4.78, 5) is 121. The number of aliphatic carboxylic acids is 1. The molecular weight excluding hydrogens is 1640 g/mol. The molecule has 658 valence electrons. The van der Waals surface area contributed by atoms with E-state index in [1.807, 2.05) is 38.1 Å². The van der Waals surface area contributed by atoms with Crippen molar-refractivity contribution in [3.05, 3.63) is 152 Å². The third kappa shape index (κ3) is 20.1. The first-order chi connectivity index (χ1) is 57.8. The van der Waals surface area contributed by atoms with E-state index in [0.29, 0.717) is 0 Å². The van der Waals surface area contributed by atoms with E-state index in [-0.39, 0.29) is 59.2 Å². The van der Waals surface area contributed by atoms with E-state index in [2.05, 4.69) is 49.5 Å². The summed E-state index contributed by atoms with van der Waals surface area (Å²) >= 11 is 14.6. The van der Waals surface area contributed by atoms with Gasteiger partial charge in [0.15, 0.2) is 36.2 Å². The first kappa shape index (κ1) is 91.1. The molecule has 0 spiro atoms. The number of unbranched alkanes of at least 4 members (excludes halogenated alkanes) is 1. The molecule has 0 radical (unpaired) electrons. The largest absolute Gasteiger partial charge is 0.508 e. The van der Waals surface area contributed by atoms with Crippen LogP contribution < -0.4 is 68.2 Å². The molecule has 7 amide bonds. The van der Waals surface area contributed by atoms with Gasteiger partial charge in [-0.2, -0.15) is 0 Å². The van der Waals surface area contributed by atoms with Crippen LogP contribution in [-0.2, 0) is 75.0 Å². The number of ether oxygens (including phenoxy) is 8. The SMILES string of the molecule is CCCCc1ccc(CN[C@@]2(C)C[C@H](O[C@H]3[C@H](Oc4c5cc6cc4Oc4ccc(cc4Cl)[C@@H](O[C@@H]4C[C@](C)(N)[C@@H](O)[C@H](C)O4)[C@@H]4NC(=O)[C@H](NC(=O)[C@@H]6NC(=O)[C@H](CC(N)=O)NC(=O)[C@H](NC(=O)[C@@H](CC(C)C)NC)[C@H](O)c6ccc(c(Cl)c6)O5)c5ccc(O)c(c5)-c5c(O)cc(O)cc5[C@@H](C(=O)O)NC4=O)O[C@H](CO)[C@@H](O)[C@@H]3O)O[C@@H](C)[C@@H]2O)cc1. The number of primary amides is 1. The van der Waals surface area contributed by atoms with Crippen LogP contribution in [-0.4, -0.2) is 215 Å². The van der Waals surface area contributed by atoms with E-state index in [0.717, 1.165) is 78.9 Å². The van der Waals surface area contributed by atoms with Gasteiger partial charge in [-0.05, 0) is 148 Å². The van der Waals surface area contributed by atoms with Gasteiger partial charge in [-0.3, -0.25) is 33.6 Å². The van der Waals surface area contributed by atoms with Crippen LogP contribution in [0.4, 0.5) is 0 Å². The predicted octanol–water partition coefficient (Wildman–Crippen LogP) is 3.52. The summed E-state index contributed by atoms with van der Waals surface area (Å²) < 4.78 is 52.9. The highest BCUT2D eigenvalue weighted by Crippen LogP contribution is 2.51. The van der Waals surface area contributed by atoms with Crippen LogP contribution in [0.15, 0.2) is 103 Å². The number of hydrogen-bond acceptors (Lipinski definition) is 28. The fourth-order valence-corrected chi connectivity index (χ4v) is 16.4. The van der Waals surface area contributed by atoms with Gasteiger partial charge >= 0.3 is 5.97 Å². The van der Waals surface area contributed by atoms with Crippen molar-refractivity contribution >= 4 is 70.5 Å². The third-order valence-corrected chi connectivity index (χ3v) is 23.2. The lowest BCUT2D eigenvalue weighted by molar-refractivity contribution is -0.334. The lowest BCUT2D eigenvalue weighted by Crippen LogP contribution is -2.65. The fraction of sp³-hybridized carbons (Fsp3) is 0.476. The topological polar surface area (TPSA) is 561 Å². The summed E-state index contributed by atoms with van der Waals surface area (Å²) in [6, 6.07) is 7.68. The molecule has 11 bridgehead atoms. The van der Waals surface area contributed by atoms with Crippen molar-refractivity contribution < 1.29 is 127 Å². The van der Waals surface area contributed by atoms with Gasteiger partial charge in [-0.15, -0.1) is 0 Å². The summed E-state index contributed by atoms with van der Waals surface area (Å²) in [5, 5.41) is 137. The Morgan fingerprint density at radius 2 is 1.27 bits per heavy atom. The number of aromatic hydroxyl groups is 3. The summed E-state index contributed by atoms with van der Waals surface area (Å²) in [6.07, 6.45) is -19.8. The molecule has 0 saturated carbocycles. The van der Waals surface area contributed by atoms with Crippen LogP contribution in [0, 0.1) is 5.92 Å². The number of carbonyl (C=O) groups is 8. The molecule has 22 N–H and O–H groups in total. The second-order valence-corrected chi connectivity index (χ2v) is 33.3. The number of carboxylic acid groups (broad SMARTS) is 1. The van der Waals surface area contributed by atoms with Gasteiger partial charge in [0.25, 0.3) is 0 Å². The minimum atomic E-state index is -2.39. The molecule has 8 aliphatic rings. The van der Waals surface area contributed by atoms with E-state index in [9.17, 15) is 65.4 Å². The predicted molar refractivity (Wildman–Crippen MR) is 433 cm³/mol. The third-order valence-electron chi connectivity index (χ3n) is 22.6. The summed E-state index contributed by atoms with van der Waals surface area (Å²) in [5.74, 6) is -16.0. The molecule has 8 aliphatic heterocycles. The summed E-state index contributed by atoms with van der Waals surface area (Å²) in [7, 11) is 1.48. The Morgan fingerprint density at radius 3 is 1.89 bits per heavy atom. The van der Waals surface area contributed by atoms with E-state index < -0.39 is 261 Å². The number of nitrogens with two attached hydrogens (primary N) is 2. The van der Waals surface area contributed by atoms with Crippen molar-refractivity contribution in [2.45, 2.75) is 233 Å². The number of benzene rings is 6. The minimum Gasteiger partial charge on any atom is -0.508 e. The second kappa shape index (κ2) is 37.9. The number of fused-ring (bicyclic) bond motifs is 15. The molecule has 36 nitrogen and oxygen atoms in total. The zero-order valence-electron chi connectivity index (χ0n) is 67.7. The Morgan fingerprint density at radius 1 is 0.664 bits per heavy atom. The molecule has 0 aliphatic carbocycles. The van der Waals surface area contributed by atoms with Gasteiger partial charge in [0.2, 0.25) is 53.4 Å². The number of phenols is 3. The maximum Gasteiger partial charge on any atom is 0.330 e. The Balaban J connectivity index is 1.09. The molecular formula is C84H102Cl2N10O26. The van der Waals surface area contributed by atoms with Crippen molar-refractivity contribution in [1.29, 1.82) is 0 Å².